The van der Waals surface area contributed by atoms with Crippen molar-refractivity contribution in [2.45, 2.75) is 27.2 Å². The van der Waals surface area contributed by atoms with E-state index >= 15 is 0 Å². The summed E-state index contributed by atoms with van der Waals surface area (Å²) in [6.07, 6.45) is 0.951. The fourth-order valence-corrected chi connectivity index (χ4v) is 1.29. The molecule has 0 saturated heterocycles. The number of aromatic hydroxyl groups is 1. The van der Waals surface area contributed by atoms with Gasteiger partial charge >= 0.3 is 0 Å². The highest BCUT2D eigenvalue weighted by atomic mass is 16.3. The lowest BCUT2D eigenvalue weighted by molar-refractivity contribution is 0.399. The molecule has 0 fully saturated rings. The van der Waals surface area contributed by atoms with Gasteiger partial charge in [-0.1, -0.05) is 26.0 Å². The molecule has 1 aromatic carbocycles. The Morgan fingerprint density at radius 2 is 1.79 bits per heavy atom. The summed E-state index contributed by atoms with van der Waals surface area (Å²) in [5.74, 6) is 1.03. The normalized spacial score (nSPS) is 9.57. The molecule has 0 aliphatic rings. The van der Waals surface area contributed by atoms with Crippen LogP contribution in [0.2, 0.25) is 0 Å². The van der Waals surface area contributed by atoms with Gasteiger partial charge in [0.1, 0.15) is 5.75 Å². The molecule has 80 valence electrons. The van der Waals surface area contributed by atoms with Crippen LogP contribution in [0.3, 0.4) is 0 Å². The van der Waals surface area contributed by atoms with E-state index < -0.39 is 0 Å². The maximum absolute atomic E-state index is 9.54. The van der Waals surface area contributed by atoms with Crippen molar-refractivity contribution in [2.24, 2.45) is 5.92 Å². The quantitative estimate of drug-likeness (QED) is 0.763. The van der Waals surface area contributed by atoms with Crippen LogP contribution in [-0.4, -0.2) is 17.3 Å². The van der Waals surface area contributed by atoms with Gasteiger partial charge in [0.2, 0.25) is 0 Å². The lowest BCUT2D eigenvalue weighted by atomic mass is 10.0. The molecule has 1 aromatic rings. The van der Waals surface area contributed by atoms with Gasteiger partial charge in [-0.3, -0.25) is 0 Å². The van der Waals surface area contributed by atoms with Crippen LogP contribution >= 0.6 is 0 Å². The number of benzene rings is 1. The van der Waals surface area contributed by atoms with E-state index in [1.165, 1.54) is 0 Å². The van der Waals surface area contributed by atoms with Gasteiger partial charge in [-0.25, -0.2) is 0 Å². The number of hydrogen-bond acceptors (Lipinski definition) is 2. The average Bonchev–Trinajstić information content (AvgIpc) is 2.13. The molecule has 0 radical (unpaired) electrons. The van der Waals surface area contributed by atoms with Crippen LogP contribution in [0.15, 0.2) is 18.2 Å². The van der Waals surface area contributed by atoms with E-state index in [1.807, 2.05) is 25.1 Å². The molecule has 2 heteroatoms. The second-order valence-electron chi connectivity index (χ2n) is 3.73. The van der Waals surface area contributed by atoms with Gasteiger partial charge in [-0.2, -0.15) is 0 Å². The van der Waals surface area contributed by atoms with Gasteiger partial charge < -0.3 is 10.2 Å². The van der Waals surface area contributed by atoms with Gasteiger partial charge in [0, 0.05) is 7.11 Å². The maximum Gasteiger partial charge on any atom is 0.119 e. The summed E-state index contributed by atoms with van der Waals surface area (Å²) in [5, 5.41) is 16.5. The van der Waals surface area contributed by atoms with Crippen molar-refractivity contribution in [3.63, 3.8) is 0 Å². The van der Waals surface area contributed by atoms with E-state index in [0.717, 1.165) is 24.7 Å². The Hall–Kier alpha value is -1.02. The summed E-state index contributed by atoms with van der Waals surface area (Å²) in [4.78, 5) is 0. The van der Waals surface area contributed by atoms with Crippen LogP contribution in [-0.2, 0) is 6.42 Å². The van der Waals surface area contributed by atoms with E-state index in [2.05, 4.69) is 13.8 Å². The standard InChI is InChI=1S/C11H16O.CH4O/c1-8(2)6-10-5-4-9(3)7-11(10)12;1-2/h4-5,7-8,12H,6H2,1-3H3;2H,1H3. The summed E-state index contributed by atoms with van der Waals surface area (Å²) in [6.45, 7) is 6.29. The van der Waals surface area contributed by atoms with Gasteiger partial charge in [0.15, 0.2) is 0 Å². The van der Waals surface area contributed by atoms with Crippen molar-refractivity contribution < 1.29 is 10.2 Å². The number of phenolic OH excluding ortho intramolecular Hbond substituents is 1. The van der Waals surface area contributed by atoms with Crippen LogP contribution in [0, 0.1) is 12.8 Å². The minimum Gasteiger partial charge on any atom is -0.508 e. The molecule has 2 nitrogen and oxygen atoms in total. The van der Waals surface area contributed by atoms with E-state index in [1.54, 1.807) is 0 Å². The monoisotopic (exact) mass is 196 g/mol. The Morgan fingerprint density at radius 1 is 1.21 bits per heavy atom. The van der Waals surface area contributed by atoms with Crippen molar-refractivity contribution in [1.29, 1.82) is 0 Å². The van der Waals surface area contributed by atoms with Crippen molar-refractivity contribution in [2.75, 3.05) is 7.11 Å². The molecule has 0 heterocycles. The first-order valence-electron chi connectivity index (χ1n) is 4.83. The second-order valence-corrected chi connectivity index (χ2v) is 3.73. The number of phenols is 1. The first-order chi connectivity index (χ1) is 6.59. The Kier molecular flexibility index (Phi) is 5.97. The van der Waals surface area contributed by atoms with Crippen LogP contribution in [0.1, 0.15) is 25.0 Å². The molecule has 0 aliphatic heterocycles. The summed E-state index contributed by atoms with van der Waals surface area (Å²) >= 11 is 0. The van der Waals surface area contributed by atoms with Gasteiger partial charge in [0.05, 0.1) is 0 Å². The molecule has 14 heavy (non-hydrogen) atoms. The molecule has 0 amide bonds. The highest BCUT2D eigenvalue weighted by Crippen LogP contribution is 2.21. The number of rotatable bonds is 2. The summed E-state index contributed by atoms with van der Waals surface area (Å²) in [5.41, 5.74) is 2.16. The SMILES string of the molecule is CO.Cc1ccc(CC(C)C)c(O)c1. The zero-order chi connectivity index (χ0) is 11.1. The van der Waals surface area contributed by atoms with Crippen LogP contribution in [0.5, 0.6) is 5.75 Å². The molecule has 0 aromatic heterocycles. The van der Waals surface area contributed by atoms with E-state index in [-0.39, 0.29) is 0 Å². The van der Waals surface area contributed by atoms with Crippen LogP contribution in [0.25, 0.3) is 0 Å². The molecule has 0 unspecified atom stereocenters. The Morgan fingerprint density at radius 3 is 2.21 bits per heavy atom. The molecule has 0 aliphatic carbocycles. The second kappa shape index (κ2) is 6.44. The average molecular weight is 196 g/mol. The number of hydrogen-bond donors (Lipinski definition) is 2. The largest absolute Gasteiger partial charge is 0.508 e. The minimum absolute atomic E-state index is 0.434. The minimum atomic E-state index is 0.434. The predicted octanol–water partition coefficient (Wildman–Crippen LogP) is 2.51. The molecule has 0 atom stereocenters. The lowest BCUT2D eigenvalue weighted by Gasteiger charge is -2.07. The van der Waals surface area contributed by atoms with Crippen molar-refractivity contribution in [3.8, 4) is 5.75 Å². The van der Waals surface area contributed by atoms with Crippen LogP contribution in [0.4, 0.5) is 0 Å². The van der Waals surface area contributed by atoms with E-state index in [9.17, 15) is 5.11 Å². The predicted molar refractivity (Wildman–Crippen MR) is 59.5 cm³/mol. The number of aliphatic hydroxyl groups excluding tert-OH is 1. The van der Waals surface area contributed by atoms with Crippen molar-refractivity contribution in [3.05, 3.63) is 29.3 Å². The smallest absolute Gasteiger partial charge is 0.119 e. The van der Waals surface area contributed by atoms with E-state index in [0.29, 0.717) is 11.7 Å². The Balaban J connectivity index is 0.000000791. The fraction of sp³-hybridized carbons (Fsp3) is 0.500. The lowest BCUT2D eigenvalue weighted by Crippen LogP contribution is -1.94. The third-order valence-corrected chi connectivity index (χ3v) is 1.87. The van der Waals surface area contributed by atoms with Gasteiger partial charge in [-0.15, -0.1) is 0 Å². The zero-order valence-electron chi connectivity index (χ0n) is 9.41. The Bertz CT molecular complexity index is 267. The van der Waals surface area contributed by atoms with Crippen molar-refractivity contribution in [1.82, 2.24) is 0 Å². The van der Waals surface area contributed by atoms with Gasteiger partial charge in [0.25, 0.3) is 0 Å². The molecule has 2 N–H and O–H groups in total. The third-order valence-electron chi connectivity index (χ3n) is 1.87. The first kappa shape index (κ1) is 13.0. The highest BCUT2D eigenvalue weighted by Gasteiger charge is 2.02. The number of aryl methyl sites for hydroxylation is 1. The van der Waals surface area contributed by atoms with Crippen molar-refractivity contribution >= 4 is 0 Å². The summed E-state index contributed by atoms with van der Waals surface area (Å²) in [7, 11) is 1.00. The molecular formula is C12H20O2. The third kappa shape index (κ3) is 4.28. The van der Waals surface area contributed by atoms with Crippen LogP contribution < -0.4 is 0 Å². The summed E-state index contributed by atoms with van der Waals surface area (Å²) < 4.78 is 0. The molecule has 0 bridgehead atoms. The highest BCUT2D eigenvalue weighted by molar-refractivity contribution is 5.35. The summed E-state index contributed by atoms with van der Waals surface area (Å²) in [6, 6.07) is 5.86. The number of aliphatic hydroxyl groups is 1. The zero-order valence-corrected chi connectivity index (χ0v) is 9.41. The molecule has 0 spiro atoms. The molecule has 0 saturated carbocycles. The topological polar surface area (TPSA) is 40.5 Å². The molecular weight excluding hydrogens is 176 g/mol. The molecule has 1 rings (SSSR count). The maximum atomic E-state index is 9.54. The van der Waals surface area contributed by atoms with Gasteiger partial charge in [-0.05, 0) is 36.5 Å². The first-order valence-corrected chi connectivity index (χ1v) is 4.83. The van der Waals surface area contributed by atoms with E-state index in [4.69, 9.17) is 5.11 Å². The Labute approximate surface area is 86.2 Å². The fourth-order valence-electron chi connectivity index (χ4n) is 1.29.